The number of hydrogen-bond acceptors (Lipinski definition) is 2. The maximum Gasteiger partial charge on any atom is 0.146 e. The van der Waals surface area contributed by atoms with E-state index in [0.29, 0.717) is 22.3 Å². The Balaban J connectivity index is 2.06. The molecule has 0 spiro atoms. The fourth-order valence-corrected chi connectivity index (χ4v) is 2.16. The molecule has 0 aliphatic heterocycles. The third-order valence-electron chi connectivity index (χ3n) is 2.71. The second kappa shape index (κ2) is 6.80. The largest absolute Gasteiger partial charge is 0.456 e. The first-order chi connectivity index (χ1) is 9.19. The minimum Gasteiger partial charge on any atom is -0.456 e. The van der Waals surface area contributed by atoms with Gasteiger partial charge in [0.1, 0.15) is 11.5 Å². The highest BCUT2D eigenvalue weighted by Gasteiger charge is 2.04. The molecule has 0 heterocycles. The Bertz CT molecular complexity index is 540. The molecule has 0 unspecified atom stereocenters. The third kappa shape index (κ3) is 4.13. The molecule has 0 fully saturated rings. The predicted octanol–water partition coefficient (Wildman–Crippen LogP) is 4.68. The lowest BCUT2D eigenvalue weighted by atomic mass is 10.1. The van der Waals surface area contributed by atoms with Gasteiger partial charge in [0, 0.05) is 5.02 Å². The zero-order valence-corrected chi connectivity index (χ0v) is 11.9. The summed E-state index contributed by atoms with van der Waals surface area (Å²) >= 11 is 11.9. The molecule has 2 aromatic rings. The van der Waals surface area contributed by atoms with E-state index in [4.69, 9.17) is 33.7 Å². The van der Waals surface area contributed by atoms with E-state index >= 15 is 0 Å². The van der Waals surface area contributed by atoms with Crippen molar-refractivity contribution in [2.75, 3.05) is 6.54 Å². The molecule has 2 nitrogen and oxygen atoms in total. The van der Waals surface area contributed by atoms with Gasteiger partial charge in [0.25, 0.3) is 0 Å². The molecule has 0 bridgehead atoms. The van der Waals surface area contributed by atoms with Gasteiger partial charge in [0.05, 0.1) is 5.02 Å². The van der Waals surface area contributed by atoms with E-state index in [9.17, 15) is 0 Å². The van der Waals surface area contributed by atoms with Crippen LogP contribution in [0.25, 0.3) is 0 Å². The van der Waals surface area contributed by atoms with Gasteiger partial charge >= 0.3 is 0 Å². The number of hydrogen-bond donors (Lipinski definition) is 1. The van der Waals surface area contributed by atoms with Crippen molar-refractivity contribution < 1.29 is 4.74 Å². The molecule has 100 valence electrons. The van der Waals surface area contributed by atoms with Gasteiger partial charge in [-0.25, -0.2) is 0 Å². The molecular weight excluding hydrogens is 281 g/mol. The topological polar surface area (TPSA) is 35.2 Å². The molecule has 4 heteroatoms. The SMILES string of the molecule is NCCCc1ccc(Oc2ccc(Cl)cc2Cl)cc1. The molecule has 0 radical (unpaired) electrons. The zero-order chi connectivity index (χ0) is 13.7. The van der Waals surface area contributed by atoms with Crippen molar-refractivity contribution in [3.8, 4) is 11.5 Å². The summed E-state index contributed by atoms with van der Waals surface area (Å²) in [6, 6.07) is 13.1. The van der Waals surface area contributed by atoms with Crippen LogP contribution >= 0.6 is 23.2 Å². The number of halogens is 2. The molecule has 19 heavy (non-hydrogen) atoms. The van der Waals surface area contributed by atoms with E-state index in [-0.39, 0.29) is 0 Å². The lowest BCUT2D eigenvalue weighted by Crippen LogP contribution is -2.00. The Morgan fingerprint density at radius 3 is 2.37 bits per heavy atom. The van der Waals surface area contributed by atoms with Gasteiger partial charge in [0.15, 0.2) is 0 Å². The molecule has 2 rings (SSSR count). The normalized spacial score (nSPS) is 10.5. The molecule has 0 aliphatic rings. The second-order valence-electron chi connectivity index (χ2n) is 4.21. The summed E-state index contributed by atoms with van der Waals surface area (Å²) in [6.45, 7) is 0.707. The first-order valence-corrected chi connectivity index (χ1v) is 6.86. The summed E-state index contributed by atoms with van der Waals surface area (Å²) in [5.41, 5.74) is 6.74. The average Bonchev–Trinajstić information content (AvgIpc) is 2.41. The van der Waals surface area contributed by atoms with Crippen molar-refractivity contribution in [2.24, 2.45) is 5.73 Å². The highest BCUT2D eigenvalue weighted by atomic mass is 35.5. The van der Waals surface area contributed by atoms with Gasteiger partial charge in [-0.15, -0.1) is 0 Å². The van der Waals surface area contributed by atoms with Crippen LogP contribution in [0.3, 0.4) is 0 Å². The summed E-state index contributed by atoms with van der Waals surface area (Å²) < 4.78 is 5.71. The first kappa shape index (κ1) is 14.2. The van der Waals surface area contributed by atoms with Gasteiger partial charge in [-0.2, -0.15) is 0 Å². The Morgan fingerprint density at radius 2 is 1.74 bits per heavy atom. The standard InChI is InChI=1S/C15H15Cl2NO/c16-12-5-8-15(14(17)10-12)19-13-6-3-11(4-7-13)2-1-9-18/h3-8,10H,1-2,9,18H2. The van der Waals surface area contributed by atoms with Crippen LogP contribution in [-0.2, 0) is 6.42 Å². The molecular formula is C15H15Cl2NO. The molecule has 0 aromatic heterocycles. The summed E-state index contributed by atoms with van der Waals surface area (Å²) in [5.74, 6) is 1.35. The molecule has 0 saturated heterocycles. The minimum absolute atomic E-state index is 0.500. The first-order valence-electron chi connectivity index (χ1n) is 6.11. The van der Waals surface area contributed by atoms with Crippen LogP contribution in [0.15, 0.2) is 42.5 Å². The van der Waals surface area contributed by atoms with Crippen molar-refractivity contribution in [1.82, 2.24) is 0 Å². The van der Waals surface area contributed by atoms with Gasteiger partial charge in [-0.05, 0) is 55.3 Å². The number of benzene rings is 2. The molecule has 0 saturated carbocycles. The van der Waals surface area contributed by atoms with Gasteiger partial charge in [-0.1, -0.05) is 35.3 Å². The average molecular weight is 296 g/mol. The smallest absolute Gasteiger partial charge is 0.146 e. The second-order valence-corrected chi connectivity index (χ2v) is 5.06. The van der Waals surface area contributed by atoms with E-state index in [1.54, 1.807) is 18.2 Å². The van der Waals surface area contributed by atoms with Crippen molar-refractivity contribution in [1.29, 1.82) is 0 Å². The van der Waals surface area contributed by atoms with Gasteiger partial charge in [0.2, 0.25) is 0 Å². The van der Waals surface area contributed by atoms with Crippen molar-refractivity contribution in [3.63, 3.8) is 0 Å². The summed E-state index contributed by atoms with van der Waals surface area (Å²) in [5, 5.41) is 1.09. The predicted molar refractivity (Wildman–Crippen MR) is 80.4 cm³/mol. The Morgan fingerprint density at radius 1 is 1.00 bits per heavy atom. The quantitative estimate of drug-likeness (QED) is 0.869. The van der Waals surface area contributed by atoms with Crippen molar-refractivity contribution in [2.45, 2.75) is 12.8 Å². The lowest BCUT2D eigenvalue weighted by molar-refractivity contribution is 0.482. The molecule has 0 amide bonds. The van der Waals surface area contributed by atoms with Crippen LogP contribution < -0.4 is 10.5 Å². The molecule has 2 N–H and O–H groups in total. The number of nitrogens with two attached hydrogens (primary N) is 1. The summed E-state index contributed by atoms with van der Waals surface area (Å²) in [7, 11) is 0. The van der Waals surface area contributed by atoms with E-state index in [0.717, 1.165) is 18.6 Å². The van der Waals surface area contributed by atoms with E-state index in [2.05, 4.69) is 0 Å². The van der Waals surface area contributed by atoms with E-state index in [1.165, 1.54) is 5.56 Å². The summed E-state index contributed by atoms with van der Waals surface area (Å²) in [6.07, 6.45) is 1.97. The molecule has 0 aliphatic carbocycles. The van der Waals surface area contributed by atoms with Gasteiger partial charge < -0.3 is 10.5 Å². The van der Waals surface area contributed by atoms with Crippen LogP contribution in [0.2, 0.25) is 10.0 Å². The Hall–Kier alpha value is -1.22. The monoisotopic (exact) mass is 295 g/mol. The van der Waals surface area contributed by atoms with Crippen LogP contribution in [0, 0.1) is 0 Å². The molecule has 0 atom stereocenters. The number of ether oxygens (including phenoxy) is 1. The highest BCUT2D eigenvalue weighted by molar-refractivity contribution is 6.35. The lowest BCUT2D eigenvalue weighted by Gasteiger charge is -2.08. The minimum atomic E-state index is 0.500. The molecule has 2 aromatic carbocycles. The maximum atomic E-state index is 6.06. The van der Waals surface area contributed by atoms with Crippen LogP contribution in [0.5, 0.6) is 11.5 Å². The number of rotatable bonds is 5. The highest BCUT2D eigenvalue weighted by Crippen LogP contribution is 2.31. The zero-order valence-electron chi connectivity index (χ0n) is 10.4. The van der Waals surface area contributed by atoms with Crippen LogP contribution in [0.1, 0.15) is 12.0 Å². The fourth-order valence-electron chi connectivity index (χ4n) is 1.72. The van der Waals surface area contributed by atoms with E-state index < -0.39 is 0 Å². The van der Waals surface area contributed by atoms with Gasteiger partial charge in [-0.3, -0.25) is 0 Å². The Labute approximate surface area is 123 Å². The third-order valence-corrected chi connectivity index (χ3v) is 3.25. The van der Waals surface area contributed by atoms with E-state index in [1.807, 2.05) is 24.3 Å². The van der Waals surface area contributed by atoms with Crippen LogP contribution in [0.4, 0.5) is 0 Å². The van der Waals surface area contributed by atoms with Crippen molar-refractivity contribution in [3.05, 3.63) is 58.1 Å². The Kier molecular flexibility index (Phi) is 5.08. The maximum absolute atomic E-state index is 6.06. The number of aryl methyl sites for hydroxylation is 1. The fraction of sp³-hybridized carbons (Fsp3) is 0.200. The summed E-state index contributed by atoms with van der Waals surface area (Å²) in [4.78, 5) is 0. The van der Waals surface area contributed by atoms with Crippen molar-refractivity contribution >= 4 is 23.2 Å². The van der Waals surface area contributed by atoms with Crippen LogP contribution in [-0.4, -0.2) is 6.54 Å².